The molecule has 0 bridgehead atoms. The number of allylic oxidation sites excluding steroid dienone is 1. The van der Waals surface area contributed by atoms with Crippen LogP contribution in [0.1, 0.15) is 42.6 Å². The van der Waals surface area contributed by atoms with Gasteiger partial charge in [0.15, 0.2) is 5.78 Å². The molecule has 3 heteroatoms. The summed E-state index contributed by atoms with van der Waals surface area (Å²) < 4.78 is 0. The third-order valence-electron chi connectivity index (χ3n) is 3.45. The number of hydrogen-bond donors (Lipinski definition) is 1. The number of carbonyl (C=O) groups is 2. The third kappa shape index (κ3) is 2.46. The highest BCUT2D eigenvalue weighted by Crippen LogP contribution is 2.36. The molecule has 0 saturated heterocycles. The maximum atomic E-state index is 12.3. The van der Waals surface area contributed by atoms with Gasteiger partial charge in [-0.1, -0.05) is 38.1 Å². The Morgan fingerprint density at radius 1 is 1.21 bits per heavy atom. The van der Waals surface area contributed by atoms with E-state index in [9.17, 15) is 9.59 Å². The van der Waals surface area contributed by atoms with Crippen LogP contribution in [-0.2, 0) is 4.79 Å². The average molecular weight is 257 g/mol. The molecule has 0 unspecified atom stereocenters. The number of nitrogens with one attached hydrogen (secondary N) is 1. The van der Waals surface area contributed by atoms with Crippen molar-refractivity contribution < 1.29 is 9.59 Å². The first-order valence-corrected chi connectivity index (χ1v) is 6.65. The Hall–Kier alpha value is -1.90. The van der Waals surface area contributed by atoms with Crippen molar-refractivity contribution in [1.82, 2.24) is 5.32 Å². The van der Waals surface area contributed by atoms with E-state index in [4.69, 9.17) is 0 Å². The van der Waals surface area contributed by atoms with Crippen LogP contribution in [0.2, 0.25) is 0 Å². The van der Waals surface area contributed by atoms with Crippen LogP contribution in [0.5, 0.6) is 0 Å². The van der Waals surface area contributed by atoms with Crippen LogP contribution < -0.4 is 5.32 Å². The molecule has 0 heterocycles. The van der Waals surface area contributed by atoms with Gasteiger partial charge in [0, 0.05) is 12.6 Å². The third-order valence-corrected chi connectivity index (χ3v) is 3.45. The maximum absolute atomic E-state index is 12.3. The van der Waals surface area contributed by atoms with E-state index in [1.165, 1.54) is 0 Å². The molecule has 0 fully saturated rings. The lowest BCUT2D eigenvalue weighted by atomic mass is 9.96. The fraction of sp³-hybridized carbons (Fsp3) is 0.375. The van der Waals surface area contributed by atoms with E-state index < -0.39 is 0 Å². The van der Waals surface area contributed by atoms with Gasteiger partial charge in [-0.25, -0.2) is 0 Å². The predicted molar refractivity (Wildman–Crippen MR) is 75.8 cm³/mol. The second-order valence-corrected chi connectivity index (χ2v) is 5.24. The zero-order valence-electron chi connectivity index (χ0n) is 11.6. The molecule has 0 aliphatic heterocycles. The Bertz CT molecular complexity index is 556. The minimum atomic E-state index is -0.278. The van der Waals surface area contributed by atoms with Crippen molar-refractivity contribution >= 4 is 17.3 Å². The van der Waals surface area contributed by atoms with Crippen LogP contribution in [0.25, 0.3) is 5.57 Å². The van der Waals surface area contributed by atoms with Crippen LogP contribution in [0.4, 0.5) is 0 Å². The summed E-state index contributed by atoms with van der Waals surface area (Å²) >= 11 is 0. The number of ketones is 1. The Kier molecular flexibility index (Phi) is 3.84. The molecule has 1 aromatic rings. The standard InChI is InChI=1S/C16H19NO2/c1-10(2)8-9-12-11-6-4-5-7-13(11)15(18)14(12)16(19)17-3/h4-7,10H,8-9H2,1-3H3,(H,17,19). The van der Waals surface area contributed by atoms with Gasteiger partial charge in [0.1, 0.15) is 0 Å². The lowest BCUT2D eigenvalue weighted by Crippen LogP contribution is -2.23. The summed E-state index contributed by atoms with van der Waals surface area (Å²) in [6.07, 6.45) is 1.74. The van der Waals surface area contributed by atoms with E-state index in [0.717, 1.165) is 24.0 Å². The van der Waals surface area contributed by atoms with Crippen LogP contribution in [0, 0.1) is 5.92 Å². The summed E-state index contributed by atoms with van der Waals surface area (Å²) in [5.41, 5.74) is 2.80. The van der Waals surface area contributed by atoms with Gasteiger partial charge in [-0.15, -0.1) is 0 Å². The zero-order valence-corrected chi connectivity index (χ0v) is 11.6. The highest BCUT2D eigenvalue weighted by atomic mass is 16.2. The summed E-state index contributed by atoms with van der Waals surface area (Å²) in [6.45, 7) is 4.28. The first-order chi connectivity index (χ1) is 9.06. The van der Waals surface area contributed by atoms with E-state index in [-0.39, 0.29) is 11.7 Å². The van der Waals surface area contributed by atoms with Gasteiger partial charge >= 0.3 is 0 Å². The molecule has 0 saturated carbocycles. The smallest absolute Gasteiger partial charge is 0.255 e. The largest absolute Gasteiger partial charge is 0.355 e. The number of amides is 1. The molecule has 1 N–H and O–H groups in total. The average Bonchev–Trinajstić information content (AvgIpc) is 2.69. The van der Waals surface area contributed by atoms with Crippen molar-refractivity contribution in [2.75, 3.05) is 7.05 Å². The second kappa shape index (κ2) is 5.39. The highest BCUT2D eigenvalue weighted by molar-refractivity contribution is 6.34. The van der Waals surface area contributed by atoms with Gasteiger partial charge < -0.3 is 5.32 Å². The van der Waals surface area contributed by atoms with Gasteiger partial charge in [-0.3, -0.25) is 9.59 Å². The lowest BCUT2D eigenvalue weighted by Gasteiger charge is -2.09. The molecular weight excluding hydrogens is 238 g/mol. The Morgan fingerprint density at radius 3 is 2.42 bits per heavy atom. The molecule has 1 amide bonds. The molecule has 1 aromatic carbocycles. The van der Waals surface area contributed by atoms with E-state index in [1.807, 2.05) is 18.2 Å². The van der Waals surface area contributed by atoms with Gasteiger partial charge in [-0.05, 0) is 29.9 Å². The number of benzene rings is 1. The second-order valence-electron chi connectivity index (χ2n) is 5.24. The summed E-state index contributed by atoms with van der Waals surface area (Å²) in [6, 6.07) is 7.47. The van der Waals surface area contributed by atoms with Gasteiger partial charge in [0.05, 0.1) is 5.57 Å². The van der Waals surface area contributed by atoms with E-state index in [0.29, 0.717) is 17.1 Å². The van der Waals surface area contributed by atoms with Crippen molar-refractivity contribution in [3.8, 4) is 0 Å². The van der Waals surface area contributed by atoms with Gasteiger partial charge in [-0.2, -0.15) is 0 Å². The fourth-order valence-electron chi connectivity index (χ4n) is 2.41. The highest BCUT2D eigenvalue weighted by Gasteiger charge is 2.32. The van der Waals surface area contributed by atoms with E-state index in [1.54, 1.807) is 13.1 Å². The van der Waals surface area contributed by atoms with E-state index >= 15 is 0 Å². The normalized spacial score (nSPS) is 14.0. The molecule has 1 aliphatic carbocycles. The fourth-order valence-corrected chi connectivity index (χ4v) is 2.41. The van der Waals surface area contributed by atoms with Crippen molar-refractivity contribution in [3.63, 3.8) is 0 Å². The molecule has 2 rings (SSSR count). The summed E-state index contributed by atoms with van der Waals surface area (Å²) in [5, 5.41) is 2.57. The Balaban J connectivity index is 2.47. The minimum absolute atomic E-state index is 0.145. The Morgan fingerprint density at radius 2 is 1.84 bits per heavy atom. The van der Waals surface area contributed by atoms with Crippen LogP contribution in [0.3, 0.4) is 0 Å². The first kappa shape index (κ1) is 13.5. The zero-order chi connectivity index (χ0) is 14.0. The number of Topliss-reactive ketones (excluding diaryl/α,β-unsaturated/α-hetero) is 1. The number of likely N-dealkylation sites (N-methyl/N-ethyl adjacent to an activating group) is 1. The Labute approximate surface area is 113 Å². The molecule has 1 aliphatic rings. The number of carbonyl (C=O) groups excluding carboxylic acids is 2. The molecule has 0 atom stereocenters. The SMILES string of the molecule is CNC(=O)C1=C(CCC(C)C)c2ccccc2C1=O. The summed E-state index contributed by atoms with van der Waals surface area (Å²) in [5.74, 6) is 0.120. The molecule has 0 spiro atoms. The van der Waals surface area contributed by atoms with Crippen LogP contribution in [-0.4, -0.2) is 18.7 Å². The van der Waals surface area contributed by atoms with Crippen molar-refractivity contribution in [2.24, 2.45) is 5.92 Å². The molecule has 0 aromatic heterocycles. The van der Waals surface area contributed by atoms with Crippen LogP contribution >= 0.6 is 0 Å². The topological polar surface area (TPSA) is 46.2 Å². The molecular formula is C16H19NO2. The summed E-state index contributed by atoms with van der Waals surface area (Å²) in [7, 11) is 1.56. The van der Waals surface area contributed by atoms with Crippen molar-refractivity contribution in [1.29, 1.82) is 0 Å². The number of fused-ring (bicyclic) bond motifs is 1. The lowest BCUT2D eigenvalue weighted by molar-refractivity contribution is -0.116. The van der Waals surface area contributed by atoms with Crippen molar-refractivity contribution in [2.45, 2.75) is 26.7 Å². The molecule has 3 nitrogen and oxygen atoms in total. The monoisotopic (exact) mass is 257 g/mol. The number of hydrogen-bond acceptors (Lipinski definition) is 2. The van der Waals surface area contributed by atoms with Gasteiger partial charge in [0.25, 0.3) is 5.91 Å². The van der Waals surface area contributed by atoms with Gasteiger partial charge in [0.2, 0.25) is 0 Å². The van der Waals surface area contributed by atoms with Crippen molar-refractivity contribution in [3.05, 3.63) is 41.0 Å². The maximum Gasteiger partial charge on any atom is 0.255 e. The molecule has 19 heavy (non-hydrogen) atoms. The number of rotatable bonds is 4. The minimum Gasteiger partial charge on any atom is -0.355 e. The first-order valence-electron chi connectivity index (χ1n) is 6.65. The van der Waals surface area contributed by atoms with Crippen LogP contribution in [0.15, 0.2) is 29.8 Å². The molecule has 0 radical (unpaired) electrons. The molecule has 100 valence electrons. The predicted octanol–water partition coefficient (Wildman–Crippen LogP) is 2.82. The quantitative estimate of drug-likeness (QED) is 0.843. The van der Waals surface area contributed by atoms with E-state index in [2.05, 4.69) is 19.2 Å². The summed E-state index contributed by atoms with van der Waals surface area (Å²) in [4.78, 5) is 24.3.